The highest BCUT2D eigenvalue weighted by molar-refractivity contribution is 6.05. The zero-order chi connectivity index (χ0) is 18.3. The fourth-order valence-corrected chi connectivity index (χ4v) is 3.67. The van der Waals surface area contributed by atoms with Crippen molar-refractivity contribution in [2.45, 2.75) is 25.9 Å². The van der Waals surface area contributed by atoms with Crippen LogP contribution < -0.4 is 0 Å². The average Bonchev–Trinajstić information content (AvgIpc) is 3.19. The van der Waals surface area contributed by atoms with Crippen LogP contribution in [0.3, 0.4) is 0 Å². The molecule has 136 valence electrons. The monoisotopic (exact) mass is 353 g/mol. The predicted molar refractivity (Wildman–Crippen MR) is 97.8 cm³/mol. The zero-order valence-electron chi connectivity index (χ0n) is 15.3. The minimum absolute atomic E-state index is 0.0221. The van der Waals surface area contributed by atoms with Gasteiger partial charge in [-0.1, -0.05) is 18.2 Å². The van der Waals surface area contributed by atoms with Gasteiger partial charge in [-0.25, -0.2) is 4.98 Å². The number of nitrogens with zero attached hydrogens (tertiary/aromatic N) is 5. The van der Waals surface area contributed by atoms with Gasteiger partial charge in [0.25, 0.3) is 5.91 Å². The van der Waals surface area contributed by atoms with Crippen molar-refractivity contribution in [2.75, 3.05) is 13.2 Å². The second-order valence-corrected chi connectivity index (χ2v) is 6.69. The van der Waals surface area contributed by atoms with Crippen LogP contribution in [0.2, 0.25) is 0 Å². The molecule has 26 heavy (non-hydrogen) atoms. The number of carbonyl (C=O) groups is 1. The van der Waals surface area contributed by atoms with Crippen LogP contribution in [0.25, 0.3) is 10.9 Å². The van der Waals surface area contributed by atoms with E-state index in [0.717, 1.165) is 23.0 Å². The maximum atomic E-state index is 13.4. The number of aromatic nitrogens is 4. The van der Waals surface area contributed by atoms with E-state index in [2.05, 4.69) is 10.1 Å². The number of hydrogen-bond acceptors (Lipinski definition) is 4. The number of imidazole rings is 1. The summed E-state index contributed by atoms with van der Waals surface area (Å²) in [6.07, 6.45) is 2.55. The Hall–Kier alpha value is -2.67. The lowest BCUT2D eigenvalue weighted by molar-refractivity contribution is 0.0383. The van der Waals surface area contributed by atoms with Crippen molar-refractivity contribution in [2.24, 2.45) is 14.1 Å². The van der Waals surface area contributed by atoms with E-state index >= 15 is 0 Å². The molecule has 0 spiro atoms. The molecule has 0 N–H and O–H groups in total. The molecule has 3 heterocycles. The summed E-state index contributed by atoms with van der Waals surface area (Å²) in [7, 11) is 3.86. The number of para-hydroxylation sites is 1. The van der Waals surface area contributed by atoms with E-state index in [1.807, 2.05) is 61.1 Å². The summed E-state index contributed by atoms with van der Waals surface area (Å²) in [5, 5.41) is 5.38. The van der Waals surface area contributed by atoms with Gasteiger partial charge < -0.3 is 14.2 Å². The van der Waals surface area contributed by atoms with Crippen LogP contribution >= 0.6 is 0 Å². The minimum Gasteiger partial charge on any atom is -0.380 e. The van der Waals surface area contributed by atoms with Crippen LogP contribution in [0.5, 0.6) is 0 Å². The lowest BCUT2D eigenvalue weighted by Gasteiger charge is -2.35. The molecule has 0 saturated carbocycles. The van der Waals surface area contributed by atoms with Crippen molar-refractivity contribution in [3.63, 3.8) is 0 Å². The predicted octanol–water partition coefficient (Wildman–Crippen LogP) is 1.91. The summed E-state index contributed by atoms with van der Waals surface area (Å²) in [4.78, 5) is 19.7. The van der Waals surface area contributed by atoms with Gasteiger partial charge in [-0.3, -0.25) is 9.48 Å². The number of rotatable bonds is 4. The Balaban J connectivity index is 1.72. The molecular weight excluding hydrogens is 330 g/mol. The number of aryl methyl sites for hydroxylation is 2. The van der Waals surface area contributed by atoms with Crippen LogP contribution in [0.4, 0.5) is 0 Å². The van der Waals surface area contributed by atoms with Gasteiger partial charge >= 0.3 is 0 Å². The molecule has 1 atom stereocenters. The zero-order valence-corrected chi connectivity index (χ0v) is 15.3. The number of amides is 1. The Morgan fingerprint density at radius 3 is 2.92 bits per heavy atom. The van der Waals surface area contributed by atoms with E-state index in [-0.39, 0.29) is 11.9 Å². The molecule has 4 rings (SSSR count). The normalized spacial score (nSPS) is 16.9. The molecule has 1 aliphatic heterocycles. The number of benzene rings is 1. The average molecular weight is 353 g/mol. The fraction of sp³-hybridized carbons (Fsp3) is 0.421. The Kier molecular flexibility index (Phi) is 4.24. The van der Waals surface area contributed by atoms with E-state index in [0.29, 0.717) is 25.5 Å². The van der Waals surface area contributed by atoms with E-state index < -0.39 is 0 Å². The van der Waals surface area contributed by atoms with Gasteiger partial charge in [-0.2, -0.15) is 5.10 Å². The molecule has 7 nitrogen and oxygen atoms in total. The fourth-order valence-electron chi connectivity index (χ4n) is 3.67. The summed E-state index contributed by atoms with van der Waals surface area (Å²) >= 11 is 0. The topological polar surface area (TPSA) is 65.2 Å². The molecule has 3 aromatic rings. The minimum atomic E-state index is -0.0668. The second kappa shape index (κ2) is 6.57. The van der Waals surface area contributed by atoms with Crippen LogP contribution in [0.15, 0.2) is 30.6 Å². The summed E-state index contributed by atoms with van der Waals surface area (Å²) in [6, 6.07) is 7.79. The maximum absolute atomic E-state index is 13.4. The van der Waals surface area contributed by atoms with Crippen molar-refractivity contribution < 1.29 is 9.53 Å². The first-order valence-corrected chi connectivity index (χ1v) is 8.89. The van der Waals surface area contributed by atoms with E-state index in [4.69, 9.17) is 4.74 Å². The highest BCUT2D eigenvalue weighted by atomic mass is 16.5. The molecule has 0 radical (unpaired) electrons. The number of ether oxygens (including phenoxy) is 1. The second-order valence-electron chi connectivity index (χ2n) is 6.69. The first-order chi connectivity index (χ1) is 12.6. The standard InChI is InChI=1S/C19H23N5O2/c1-4-26-11-13-9-17-15(20-12-22(17)2)10-24(13)19(25)18-14-7-5-6-8-16(14)23(3)21-18/h5-8,12-13H,4,9-11H2,1-3H3/t13-/m0/s1. The summed E-state index contributed by atoms with van der Waals surface area (Å²) in [5.74, 6) is -0.0668. The molecule has 1 aliphatic rings. The number of hydrogen-bond donors (Lipinski definition) is 0. The molecule has 0 aliphatic carbocycles. The van der Waals surface area contributed by atoms with Crippen molar-refractivity contribution >= 4 is 16.8 Å². The summed E-state index contributed by atoms with van der Waals surface area (Å²) in [5.41, 5.74) is 3.56. The quantitative estimate of drug-likeness (QED) is 0.719. The third-order valence-electron chi connectivity index (χ3n) is 5.07. The molecule has 2 aromatic heterocycles. The van der Waals surface area contributed by atoms with E-state index in [9.17, 15) is 4.79 Å². The van der Waals surface area contributed by atoms with Gasteiger partial charge in [-0.15, -0.1) is 0 Å². The van der Waals surface area contributed by atoms with Crippen molar-refractivity contribution in [3.05, 3.63) is 47.7 Å². The van der Waals surface area contributed by atoms with Gasteiger partial charge in [-0.05, 0) is 13.0 Å². The summed E-state index contributed by atoms with van der Waals surface area (Å²) < 4.78 is 9.46. The maximum Gasteiger partial charge on any atom is 0.275 e. The van der Waals surface area contributed by atoms with Gasteiger partial charge in [0.2, 0.25) is 0 Å². The van der Waals surface area contributed by atoms with E-state index in [1.165, 1.54) is 5.69 Å². The Morgan fingerprint density at radius 2 is 2.12 bits per heavy atom. The molecule has 0 saturated heterocycles. The molecule has 0 fully saturated rings. The van der Waals surface area contributed by atoms with E-state index in [1.54, 1.807) is 4.68 Å². The van der Waals surface area contributed by atoms with Gasteiger partial charge in [0.1, 0.15) is 0 Å². The first-order valence-electron chi connectivity index (χ1n) is 8.89. The molecule has 0 unspecified atom stereocenters. The SMILES string of the molecule is CCOC[C@@H]1Cc2c(ncn2C)CN1C(=O)c1nn(C)c2ccccc12. The smallest absolute Gasteiger partial charge is 0.275 e. The number of carbonyl (C=O) groups excluding carboxylic acids is 1. The van der Waals surface area contributed by atoms with Crippen molar-refractivity contribution in [1.82, 2.24) is 24.2 Å². The Bertz CT molecular complexity index is 958. The lowest BCUT2D eigenvalue weighted by Crippen LogP contribution is -2.47. The molecule has 1 aromatic carbocycles. The number of fused-ring (bicyclic) bond motifs is 2. The Labute approximate surface area is 152 Å². The summed E-state index contributed by atoms with van der Waals surface area (Å²) in [6.45, 7) is 3.59. The molecule has 1 amide bonds. The van der Waals surface area contributed by atoms with Gasteiger partial charge in [0.05, 0.1) is 36.7 Å². The highest BCUT2D eigenvalue weighted by Crippen LogP contribution is 2.26. The van der Waals surface area contributed by atoms with Crippen molar-refractivity contribution in [1.29, 1.82) is 0 Å². The highest BCUT2D eigenvalue weighted by Gasteiger charge is 2.34. The lowest BCUT2D eigenvalue weighted by atomic mass is 10.0. The van der Waals surface area contributed by atoms with Crippen LogP contribution in [0, 0.1) is 0 Å². The van der Waals surface area contributed by atoms with Crippen LogP contribution in [-0.2, 0) is 31.8 Å². The first kappa shape index (κ1) is 16.8. The van der Waals surface area contributed by atoms with Gasteiger partial charge in [0, 0.05) is 38.2 Å². The van der Waals surface area contributed by atoms with Crippen LogP contribution in [-0.4, -0.2) is 49.4 Å². The third kappa shape index (κ3) is 2.68. The Morgan fingerprint density at radius 1 is 1.31 bits per heavy atom. The molecule has 7 heteroatoms. The van der Waals surface area contributed by atoms with Crippen molar-refractivity contribution in [3.8, 4) is 0 Å². The van der Waals surface area contributed by atoms with Crippen LogP contribution in [0.1, 0.15) is 28.8 Å². The van der Waals surface area contributed by atoms with Gasteiger partial charge in [0.15, 0.2) is 5.69 Å². The largest absolute Gasteiger partial charge is 0.380 e. The third-order valence-corrected chi connectivity index (χ3v) is 5.07. The molecule has 0 bridgehead atoms. The molecular formula is C19H23N5O2.